The van der Waals surface area contributed by atoms with Gasteiger partial charge in [0.1, 0.15) is 0 Å². The Kier molecular flexibility index (Phi) is 4.54. The molecule has 5 nitrogen and oxygen atoms in total. The lowest BCUT2D eigenvalue weighted by atomic mass is 9.63. The van der Waals surface area contributed by atoms with Crippen LogP contribution in [-0.2, 0) is 16.7 Å². The molecule has 0 radical (unpaired) electrons. The predicted molar refractivity (Wildman–Crippen MR) is 92.4 cm³/mol. The summed E-state index contributed by atoms with van der Waals surface area (Å²) in [5.74, 6) is 1.12. The van der Waals surface area contributed by atoms with Gasteiger partial charge in [0.05, 0.1) is 25.5 Å². The average molecular weight is 349 g/mol. The van der Waals surface area contributed by atoms with Crippen LogP contribution in [0.4, 0.5) is 4.79 Å². The number of nitrogens with one attached hydrogen (secondary N) is 1. The van der Waals surface area contributed by atoms with Crippen LogP contribution in [0.3, 0.4) is 0 Å². The van der Waals surface area contributed by atoms with Crippen molar-refractivity contribution in [3.8, 4) is 5.88 Å². The molecule has 3 rings (SSSR count). The first-order chi connectivity index (χ1) is 11.5. The molecule has 2 aliphatic rings. The summed E-state index contributed by atoms with van der Waals surface area (Å²) in [6.07, 6.45) is 5.20. The monoisotopic (exact) mass is 348 g/mol. The minimum atomic E-state index is -0.668. The zero-order valence-electron chi connectivity index (χ0n) is 14.1. The molecule has 6 heteroatoms. The zero-order chi connectivity index (χ0) is 17.3. The van der Waals surface area contributed by atoms with E-state index in [4.69, 9.17) is 21.1 Å². The van der Waals surface area contributed by atoms with Crippen molar-refractivity contribution < 1.29 is 14.3 Å². The van der Waals surface area contributed by atoms with Crippen LogP contribution in [0.2, 0.25) is 0 Å². The molecule has 2 bridgehead atoms. The van der Waals surface area contributed by atoms with Gasteiger partial charge in [-0.2, -0.15) is 0 Å². The summed E-state index contributed by atoms with van der Waals surface area (Å²) in [6, 6.07) is 3.81. The van der Waals surface area contributed by atoms with Crippen molar-refractivity contribution in [2.75, 3.05) is 20.1 Å². The van der Waals surface area contributed by atoms with Crippen molar-refractivity contribution in [2.45, 2.75) is 25.3 Å². The van der Waals surface area contributed by atoms with E-state index in [0.29, 0.717) is 18.2 Å². The molecule has 0 unspecified atom stereocenters. The van der Waals surface area contributed by atoms with Gasteiger partial charge in [-0.1, -0.05) is 17.7 Å². The summed E-state index contributed by atoms with van der Waals surface area (Å²) in [4.78, 5) is 16.7. The standard InChI is InChI=1S/C18H21ClN2O3/c1-11-8-12-9-15-14(4-5-16(20-15)23-2)18(10-11,13(12)6-7-19)21-17(22)24-3/h4-6,8,12H,7,9-10H2,1-3H3,(H,21,22)/b13-6+/t12-,18+/m0/s1. The summed E-state index contributed by atoms with van der Waals surface area (Å²) >= 11 is 6.01. The van der Waals surface area contributed by atoms with Crippen LogP contribution in [-0.4, -0.2) is 31.2 Å². The largest absolute Gasteiger partial charge is 0.481 e. The van der Waals surface area contributed by atoms with E-state index >= 15 is 0 Å². The number of allylic oxidation sites excluding steroid dienone is 2. The van der Waals surface area contributed by atoms with E-state index in [-0.39, 0.29) is 5.92 Å². The second-order valence-corrected chi connectivity index (χ2v) is 6.49. The van der Waals surface area contributed by atoms with Crippen molar-refractivity contribution >= 4 is 17.7 Å². The van der Waals surface area contributed by atoms with Crippen LogP contribution >= 0.6 is 11.6 Å². The Balaban J connectivity index is 2.22. The molecule has 0 saturated carbocycles. The summed E-state index contributed by atoms with van der Waals surface area (Å²) in [5, 5.41) is 3.06. The van der Waals surface area contributed by atoms with Gasteiger partial charge in [-0.25, -0.2) is 9.78 Å². The molecule has 24 heavy (non-hydrogen) atoms. The summed E-state index contributed by atoms with van der Waals surface area (Å²) in [7, 11) is 2.97. The molecule has 128 valence electrons. The maximum absolute atomic E-state index is 12.1. The molecule has 2 atom stereocenters. The topological polar surface area (TPSA) is 60.5 Å². The molecule has 0 fully saturated rings. The number of methoxy groups -OCH3 is 2. The number of aromatic nitrogens is 1. The number of carbonyl (C=O) groups is 1. The maximum Gasteiger partial charge on any atom is 0.407 e. The number of rotatable bonds is 3. The third-order valence-corrected chi connectivity index (χ3v) is 4.91. The van der Waals surface area contributed by atoms with E-state index in [9.17, 15) is 4.79 Å². The third kappa shape index (κ3) is 2.67. The SMILES string of the molecule is COC(=O)N[C@@]12CC(C)=C[C@@H](Cc3nc(OC)ccc31)/C2=C\CCl. The Bertz CT molecular complexity index is 729. The number of hydrogen-bond acceptors (Lipinski definition) is 4. The molecule has 1 heterocycles. The van der Waals surface area contributed by atoms with Crippen molar-refractivity contribution in [3.63, 3.8) is 0 Å². The minimum absolute atomic E-state index is 0.154. The van der Waals surface area contributed by atoms with Gasteiger partial charge in [-0.05, 0) is 25.0 Å². The molecule has 1 aromatic rings. The highest BCUT2D eigenvalue weighted by atomic mass is 35.5. The molecule has 1 amide bonds. The maximum atomic E-state index is 12.1. The molecule has 0 aromatic carbocycles. The lowest BCUT2D eigenvalue weighted by molar-refractivity contribution is 0.155. The quantitative estimate of drug-likeness (QED) is 0.672. The first-order valence-corrected chi connectivity index (χ1v) is 8.42. The molecule has 0 saturated heterocycles. The Morgan fingerprint density at radius 2 is 2.29 bits per heavy atom. The lowest BCUT2D eigenvalue weighted by Crippen LogP contribution is -2.53. The highest BCUT2D eigenvalue weighted by molar-refractivity contribution is 6.19. The Morgan fingerprint density at radius 3 is 2.96 bits per heavy atom. The number of carbonyl (C=O) groups excluding carboxylic acids is 1. The summed E-state index contributed by atoms with van der Waals surface area (Å²) in [5.41, 5.74) is 3.58. The van der Waals surface area contributed by atoms with Gasteiger partial charge in [0.2, 0.25) is 5.88 Å². The Hall–Kier alpha value is -2.01. The van der Waals surface area contributed by atoms with E-state index in [0.717, 1.165) is 23.3 Å². The van der Waals surface area contributed by atoms with Crippen molar-refractivity contribution in [1.29, 1.82) is 0 Å². The molecular formula is C18H21ClN2O3. The van der Waals surface area contributed by atoms with Gasteiger partial charge in [0.25, 0.3) is 0 Å². The first kappa shape index (κ1) is 16.8. The number of fused-ring (bicyclic) bond motifs is 4. The van der Waals surface area contributed by atoms with E-state index < -0.39 is 11.6 Å². The van der Waals surface area contributed by atoms with Gasteiger partial charge >= 0.3 is 6.09 Å². The lowest BCUT2D eigenvalue weighted by Gasteiger charge is -2.47. The van der Waals surface area contributed by atoms with Gasteiger partial charge in [-0.15, -0.1) is 11.6 Å². The smallest absolute Gasteiger partial charge is 0.407 e. The second-order valence-electron chi connectivity index (χ2n) is 6.18. The van der Waals surface area contributed by atoms with Gasteiger partial charge < -0.3 is 14.8 Å². The molecular weight excluding hydrogens is 328 g/mol. The number of hydrogen-bond donors (Lipinski definition) is 1. The molecule has 2 aliphatic carbocycles. The van der Waals surface area contributed by atoms with Crippen molar-refractivity contribution in [2.24, 2.45) is 5.92 Å². The first-order valence-electron chi connectivity index (χ1n) is 7.88. The van der Waals surface area contributed by atoms with Crippen LogP contribution in [0.5, 0.6) is 5.88 Å². The fraction of sp³-hybridized carbons (Fsp3) is 0.444. The summed E-state index contributed by atoms with van der Waals surface area (Å²) in [6.45, 7) is 2.08. The van der Waals surface area contributed by atoms with Crippen LogP contribution in [0.25, 0.3) is 0 Å². The molecule has 0 aliphatic heterocycles. The number of halogens is 1. The highest BCUT2D eigenvalue weighted by Gasteiger charge is 2.48. The average Bonchev–Trinajstić information content (AvgIpc) is 2.56. The Morgan fingerprint density at radius 1 is 1.50 bits per heavy atom. The van der Waals surface area contributed by atoms with Gasteiger partial charge in [0, 0.05) is 29.8 Å². The van der Waals surface area contributed by atoms with Crippen molar-refractivity contribution in [3.05, 3.63) is 46.7 Å². The molecule has 0 spiro atoms. The minimum Gasteiger partial charge on any atom is -0.481 e. The fourth-order valence-electron chi connectivity index (χ4n) is 3.91. The van der Waals surface area contributed by atoms with E-state index in [1.54, 1.807) is 7.11 Å². The molecule has 1 N–H and O–H groups in total. The molecule has 1 aromatic heterocycles. The van der Waals surface area contributed by atoms with Crippen LogP contribution in [0, 0.1) is 5.92 Å². The second kappa shape index (κ2) is 6.48. The van der Waals surface area contributed by atoms with Crippen LogP contribution < -0.4 is 10.1 Å². The van der Waals surface area contributed by atoms with E-state index in [1.165, 1.54) is 12.7 Å². The number of ether oxygens (including phenoxy) is 2. The van der Waals surface area contributed by atoms with Gasteiger partial charge in [-0.3, -0.25) is 0 Å². The van der Waals surface area contributed by atoms with Crippen LogP contribution in [0.15, 0.2) is 35.4 Å². The number of amides is 1. The van der Waals surface area contributed by atoms with Crippen LogP contribution in [0.1, 0.15) is 24.6 Å². The fourth-order valence-corrected chi connectivity index (χ4v) is 4.08. The number of nitrogens with zero attached hydrogens (tertiary/aromatic N) is 1. The van der Waals surface area contributed by atoms with Gasteiger partial charge in [0.15, 0.2) is 0 Å². The van der Waals surface area contributed by atoms with E-state index in [2.05, 4.69) is 23.3 Å². The van der Waals surface area contributed by atoms with Crippen molar-refractivity contribution in [1.82, 2.24) is 10.3 Å². The predicted octanol–water partition coefficient (Wildman–Crippen LogP) is 3.33. The number of alkyl halides is 1. The third-order valence-electron chi connectivity index (χ3n) is 4.75. The number of alkyl carbamates (subject to hydrolysis) is 1. The van der Waals surface area contributed by atoms with E-state index in [1.807, 2.05) is 18.2 Å². The number of pyridine rings is 1. The zero-order valence-corrected chi connectivity index (χ0v) is 14.8. The normalized spacial score (nSPS) is 26.4. The summed E-state index contributed by atoms with van der Waals surface area (Å²) < 4.78 is 10.1. The highest BCUT2D eigenvalue weighted by Crippen LogP contribution is 2.50. The Labute approximate surface area is 146 Å².